The molecule has 19 atom stereocenters. The smallest absolute Gasteiger partial charge is 0.314 e. The number of esters is 1. The molecule has 2 saturated heterocycles. The highest BCUT2D eigenvalue weighted by Gasteiger charge is 2.74. The van der Waals surface area contributed by atoms with Crippen molar-refractivity contribution >= 4 is 5.97 Å². The number of carbonyl (C=O) groups is 1. The van der Waals surface area contributed by atoms with Crippen LogP contribution in [0.3, 0.4) is 0 Å². The van der Waals surface area contributed by atoms with E-state index < -0.39 is 126 Å². The molecule has 16 heteroatoms. The first-order chi connectivity index (χ1) is 22.5. The monoisotopic (exact) mass is 692 g/mol. The van der Waals surface area contributed by atoms with E-state index in [0.717, 1.165) is 0 Å². The van der Waals surface area contributed by atoms with E-state index in [2.05, 4.69) is 0 Å². The molecule has 48 heavy (non-hydrogen) atoms. The lowest BCUT2D eigenvalue weighted by atomic mass is 9.39. The Morgan fingerprint density at radius 2 is 1.40 bits per heavy atom. The lowest BCUT2D eigenvalue weighted by molar-refractivity contribution is -0.364. The van der Waals surface area contributed by atoms with E-state index in [1.54, 1.807) is 6.92 Å². The van der Waals surface area contributed by atoms with Crippen molar-refractivity contribution in [3.05, 3.63) is 0 Å². The molecule has 1 spiro atoms. The molecule has 2 bridgehead atoms. The summed E-state index contributed by atoms with van der Waals surface area (Å²) in [5.41, 5.74) is -4.14. The standard InChI is InChI=1S/C32H52O16/c1-29-5-3-6-30(2,24(29)22(41)25(42)31-8-13(9-33)32(44,12-31)7-4-16(29)31)28(43)48-27-23(20(39)18(37)15(11-35)46-27)47-26-21(40)19(38)17(36)14(10-34)45-26/h13-27,33-42,44H,3-12H2,1-2H3/t13-,14+,15+,16-,17+,18+,19-,20-,21+,22-,23+,24-,25-,26-,27-,29-,30+,31-,32-/m0/s1. The molecule has 4 aliphatic carbocycles. The number of fused-ring (bicyclic) bond motifs is 3. The highest BCUT2D eigenvalue weighted by atomic mass is 16.8. The van der Waals surface area contributed by atoms with Crippen LogP contribution < -0.4 is 0 Å². The van der Waals surface area contributed by atoms with Crippen LogP contribution in [0.1, 0.15) is 58.8 Å². The molecule has 0 aromatic carbocycles. The Labute approximate surface area is 277 Å². The van der Waals surface area contributed by atoms with Crippen LogP contribution in [0.4, 0.5) is 0 Å². The third-order valence-corrected chi connectivity index (χ3v) is 13.3. The maximum atomic E-state index is 14.4. The third kappa shape index (κ3) is 5.29. The van der Waals surface area contributed by atoms with Crippen molar-refractivity contribution in [3.8, 4) is 0 Å². The van der Waals surface area contributed by atoms with Gasteiger partial charge in [0.25, 0.3) is 0 Å². The molecule has 2 heterocycles. The Morgan fingerprint density at radius 1 is 0.771 bits per heavy atom. The van der Waals surface area contributed by atoms with Crippen molar-refractivity contribution in [3.63, 3.8) is 0 Å². The first kappa shape index (κ1) is 36.7. The van der Waals surface area contributed by atoms with E-state index in [9.17, 15) is 61.0 Å². The lowest BCUT2D eigenvalue weighted by Gasteiger charge is -2.66. The first-order valence-corrected chi connectivity index (χ1v) is 17.0. The maximum absolute atomic E-state index is 14.4. The highest BCUT2D eigenvalue weighted by Crippen LogP contribution is 2.73. The minimum absolute atomic E-state index is 0.193. The molecule has 0 radical (unpaired) electrons. The van der Waals surface area contributed by atoms with Crippen LogP contribution in [0.25, 0.3) is 0 Å². The van der Waals surface area contributed by atoms with Gasteiger partial charge in [0, 0.05) is 23.9 Å². The molecule has 11 N–H and O–H groups in total. The fourth-order valence-corrected chi connectivity index (χ4v) is 11.0. The summed E-state index contributed by atoms with van der Waals surface area (Å²) in [5.74, 6) is -2.34. The zero-order chi connectivity index (χ0) is 35.1. The molecule has 0 amide bonds. The van der Waals surface area contributed by atoms with Crippen molar-refractivity contribution < 1.29 is 79.9 Å². The van der Waals surface area contributed by atoms with Crippen LogP contribution in [-0.4, -0.2) is 161 Å². The van der Waals surface area contributed by atoms with E-state index in [1.807, 2.05) is 6.92 Å². The molecule has 6 fully saturated rings. The molecular weight excluding hydrogens is 640 g/mol. The summed E-state index contributed by atoms with van der Waals surface area (Å²) >= 11 is 0. The quantitative estimate of drug-likeness (QED) is 0.114. The Kier molecular flexibility index (Phi) is 9.82. The van der Waals surface area contributed by atoms with Crippen LogP contribution in [0.2, 0.25) is 0 Å². The summed E-state index contributed by atoms with van der Waals surface area (Å²) in [6.45, 7) is 1.82. The number of ether oxygens (including phenoxy) is 4. The minimum atomic E-state index is -1.89. The van der Waals surface area contributed by atoms with Crippen molar-refractivity contribution in [1.29, 1.82) is 0 Å². The third-order valence-electron chi connectivity index (χ3n) is 13.3. The normalized spacial score (nSPS) is 56.6. The van der Waals surface area contributed by atoms with Gasteiger partial charge >= 0.3 is 5.97 Å². The predicted molar refractivity (Wildman–Crippen MR) is 158 cm³/mol. The second-order valence-electron chi connectivity index (χ2n) is 15.8. The second kappa shape index (κ2) is 12.8. The van der Waals surface area contributed by atoms with Gasteiger partial charge in [-0.1, -0.05) is 13.3 Å². The lowest BCUT2D eigenvalue weighted by Crippen LogP contribution is -2.70. The number of aliphatic hydroxyl groups is 11. The van der Waals surface area contributed by atoms with Crippen molar-refractivity contribution in [2.45, 2.75) is 138 Å². The molecule has 2 aliphatic heterocycles. The van der Waals surface area contributed by atoms with Gasteiger partial charge in [-0.05, 0) is 56.8 Å². The van der Waals surface area contributed by atoms with Gasteiger partial charge in [0.15, 0.2) is 12.4 Å². The van der Waals surface area contributed by atoms with Gasteiger partial charge in [-0.3, -0.25) is 4.79 Å². The fourth-order valence-electron chi connectivity index (χ4n) is 11.0. The molecule has 276 valence electrons. The molecule has 6 aliphatic rings. The van der Waals surface area contributed by atoms with Gasteiger partial charge < -0.3 is 75.1 Å². The summed E-state index contributed by atoms with van der Waals surface area (Å²) in [6.07, 6.45) is -17.0. The largest absolute Gasteiger partial charge is 0.432 e. The molecule has 6 rings (SSSR count). The minimum Gasteiger partial charge on any atom is -0.432 e. The molecule has 0 unspecified atom stereocenters. The van der Waals surface area contributed by atoms with Gasteiger partial charge in [0.1, 0.15) is 42.7 Å². The number of carbonyl (C=O) groups excluding carboxylic acids is 1. The Morgan fingerprint density at radius 3 is 2.02 bits per heavy atom. The van der Waals surface area contributed by atoms with E-state index in [1.165, 1.54) is 0 Å². The number of rotatable bonds is 7. The van der Waals surface area contributed by atoms with E-state index in [-0.39, 0.29) is 25.4 Å². The number of hydrogen-bond donors (Lipinski definition) is 11. The summed E-state index contributed by atoms with van der Waals surface area (Å²) in [5, 5.41) is 117. The van der Waals surface area contributed by atoms with Gasteiger partial charge in [-0.25, -0.2) is 0 Å². The molecule has 16 nitrogen and oxygen atoms in total. The Hall–Kier alpha value is -1.09. The van der Waals surface area contributed by atoms with Gasteiger partial charge in [-0.15, -0.1) is 0 Å². The topological polar surface area (TPSA) is 277 Å². The van der Waals surface area contributed by atoms with Crippen molar-refractivity contribution in [2.75, 3.05) is 19.8 Å². The van der Waals surface area contributed by atoms with Crippen LogP contribution in [0.15, 0.2) is 0 Å². The zero-order valence-electron chi connectivity index (χ0n) is 27.2. The number of aliphatic hydroxyl groups excluding tert-OH is 10. The number of hydrogen-bond acceptors (Lipinski definition) is 16. The summed E-state index contributed by atoms with van der Waals surface area (Å²) in [7, 11) is 0. The van der Waals surface area contributed by atoms with Crippen molar-refractivity contribution in [1.82, 2.24) is 0 Å². The van der Waals surface area contributed by atoms with Crippen LogP contribution in [0, 0.1) is 34.0 Å². The summed E-state index contributed by atoms with van der Waals surface area (Å²) < 4.78 is 22.7. The first-order valence-electron chi connectivity index (χ1n) is 17.0. The average Bonchev–Trinajstić information content (AvgIpc) is 3.28. The van der Waals surface area contributed by atoms with Crippen LogP contribution in [-0.2, 0) is 23.7 Å². The SMILES string of the molecule is C[C@@]12CCC[C@@](C)(C(=O)O[C@@H]3O[C@H](CO)[C@@H](O)[C@H](O)[C@H]3O[C@@H]3O[C@H](CO)[C@@H](O)[C@H](O)[C@H]3O)[C@H]1[C@H](O)[C@H](O)[C@]13C[C@@H](CO)[C@](O)(CC[C@@H]21)C3. The van der Waals surface area contributed by atoms with E-state index in [0.29, 0.717) is 32.1 Å². The van der Waals surface area contributed by atoms with Gasteiger partial charge in [-0.2, -0.15) is 0 Å². The molecule has 0 aromatic rings. The fraction of sp³-hybridized carbons (Fsp3) is 0.969. The van der Waals surface area contributed by atoms with E-state index >= 15 is 0 Å². The Balaban J connectivity index is 1.28. The highest BCUT2D eigenvalue weighted by molar-refractivity contribution is 5.77. The predicted octanol–water partition coefficient (Wildman–Crippen LogP) is -3.77. The Bertz CT molecular complexity index is 1190. The molecule has 0 aromatic heterocycles. The van der Waals surface area contributed by atoms with Gasteiger partial charge in [0.2, 0.25) is 6.29 Å². The molecular formula is C32H52O16. The average molecular weight is 693 g/mol. The second-order valence-corrected chi connectivity index (χ2v) is 15.8. The van der Waals surface area contributed by atoms with E-state index in [4.69, 9.17) is 18.9 Å². The summed E-state index contributed by atoms with van der Waals surface area (Å²) in [6, 6.07) is 0. The van der Waals surface area contributed by atoms with Crippen LogP contribution >= 0.6 is 0 Å². The maximum Gasteiger partial charge on any atom is 0.314 e. The van der Waals surface area contributed by atoms with Crippen molar-refractivity contribution in [2.24, 2.45) is 34.0 Å². The molecule has 4 saturated carbocycles. The zero-order valence-corrected chi connectivity index (χ0v) is 27.2. The van der Waals surface area contributed by atoms with Crippen LogP contribution in [0.5, 0.6) is 0 Å². The summed E-state index contributed by atoms with van der Waals surface area (Å²) in [4.78, 5) is 14.4. The van der Waals surface area contributed by atoms with Gasteiger partial charge in [0.05, 0.1) is 36.4 Å².